The zero-order chi connectivity index (χ0) is 15.1. The molecule has 1 unspecified atom stereocenters. The summed E-state index contributed by atoms with van der Waals surface area (Å²) in [6.45, 7) is 2.16. The van der Waals surface area contributed by atoms with Gasteiger partial charge in [0, 0.05) is 24.2 Å². The normalized spacial score (nSPS) is 11.1. The summed E-state index contributed by atoms with van der Waals surface area (Å²) in [6.07, 6.45) is 3.40. The molecule has 1 aromatic heterocycles. The minimum Gasteiger partial charge on any atom is -1.00 e. The van der Waals surface area contributed by atoms with Gasteiger partial charge in [-0.2, -0.15) is 4.57 Å². The number of pyridine rings is 1. The molecule has 1 heterocycles. The molecule has 0 aliphatic carbocycles. The molecular formula is C16H19ClN2O3. The number of anilines is 1. The number of hydrogen-bond donors (Lipinski definition) is 1. The molecule has 2 rings (SSSR count). The topological polar surface area (TPSA) is 65.4 Å². The van der Waals surface area contributed by atoms with Gasteiger partial charge in [-0.1, -0.05) is 13.0 Å². The third-order valence-electron chi connectivity index (χ3n) is 2.84. The standard InChI is InChI=1S/C16H19N2O3.ClH/c1-2-15(19)21-16(12-18-10-4-3-5-11-18)20-14-8-6-13(17)7-9-14;/h3-11,16H,2,12,17H2,1H3;1H/q+1;/p-1. The van der Waals surface area contributed by atoms with E-state index in [0.29, 0.717) is 24.4 Å². The number of aromatic nitrogens is 1. The molecule has 0 amide bonds. The third kappa shape index (κ3) is 5.61. The number of ether oxygens (including phenoxy) is 2. The Hall–Kier alpha value is -2.27. The minimum atomic E-state index is -0.687. The highest BCUT2D eigenvalue weighted by atomic mass is 35.5. The molecule has 22 heavy (non-hydrogen) atoms. The second-order valence-corrected chi connectivity index (χ2v) is 4.53. The van der Waals surface area contributed by atoms with Crippen molar-refractivity contribution in [1.82, 2.24) is 0 Å². The first-order valence-corrected chi connectivity index (χ1v) is 6.83. The SMILES string of the molecule is CCC(=O)OC(C[n+]1ccccc1)Oc1ccc(N)cc1.[Cl-]. The maximum atomic E-state index is 11.5. The Labute approximate surface area is 136 Å². The van der Waals surface area contributed by atoms with E-state index in [-0.39, 0.29) is 18.4 Å². The molecule has 2 aromatic rings. The molecule has 6 heteroatoms. The van der Waals surface area contributed by atoms with Gasteiger partial charge in [-0.25, -0.2) is 0 Å². The fourth-order valence-corrected chi connectivity index (χ4v) is 1.75. The van der Waals surface area contributed by atoms with Crippen molar-refractivity contribution in [3.8, 4) is 5.75 Å². The van der Waals surface area contributed by atoms with Crippen molar-refractivity contribution in [2.75, 3.05) is 5.73 Å². The number of benzene rings is 1. The van der Waals surface area contributed by atoms with E-state index >= 15 is 0 Å². The lowest BCUT2D eigenvalue weighted by Gasteiger charge is -2.16. The van der Waals surface area contributed by atoms with Crippen LogP contribution in [0.1, 0.15) is 13.3 Å². The van der Waals surface area contributed by atoms with Crippen LogP contribution in [0.15, 0.2) is 54.9 Å². The number of hydrogen-bond acceptors (Lipinski definition) is 4. The van der Waals surface area contributed by atoms with E-state index in [9.17, 15) is 4.79 Å². The van der Waals surface area contributed by atoms with Crippen LogP contribution in [-0.4, -0.2) is 12.3 Å². The number of nitrogen functional groups attached to an aromatic ring is 1. The van der Waals surface area contributed by atoms with Gasteiger partial charge in [0.15, 0.2) is 12.4 Å². The molecule has 1 aromatic carbocycles. The van der Waals surface area contributed by atoms with Crippen LogP contribution in [0.4, 0.5) is 5.69 Å². The van der Waals surface area contributed by atoms with Gasteiger partial charge in [0.2, 0.25) is 6.54 Å². The van der Waals surface area contributed by atoms with Crippen molar-refractivity contribution in [2.24, 2.45) is 0 Å². The fraction of sp³-hybridized carbons (Fsp3) is 0.250. The summed E-state index contributed by atoms with van der Waals surface area (Å²) in [5, 5.41) is 0. The molecule has 0 aliphatic heterocycles. The molecule has 0 saturated heterocycles. The van der Waals surface area contributed by atoms with Gasteiger partial charge in [0.25, 0.3) is 0 Å². The van der Waals surface area contributed by atoms with Gasteiger partial charge in [-0.3, -0.25) is 4.79 Å². The largest absolute Gasteiger partial charge is 1.00 e. The number of rotatable bonds is 6. The van der Waals surface area contributed by atoms with Crippen LogP contribution in [0.5, 0.6) is 5.75 Å². The molecule has 0 aliphatic rings. The van der Waals surface area contributed by atoms with Gasteiger partial charge >= 0.3 is 12.3 Å². The Bertz CT molecular complexity index is 576. The molecule has 0 saturated carbocycles. The second-order valence-electron chi connectivity index (χ2n) is 4.53. The van der Waals surface area contributed by atoms with Crippen molar-refractivity contribution in [3.63, 3.8) is 0 Å². The highest BCUT2D eigenvalue weighted by Crippen LogP contribution is 2.15. The maximum Gasteiger partial charge on any atom is 0.308 e. The summed E-state index contributed by atoms with van der Waals surface area (Å²) in [6, 6.07) is 12.7. The van der Waals surface area contributed by atoms with E-state index in [4.69, 9.17) is 15.2 Å². The Balaban J connectivity index is 0.00000242. The summed E-state index contributed by atoms with van der Waals surface area (Å²) in [5.41, 5.74) is 6.29. The summed E-state index contributed by atoms with van der Waals surface area (Å²) in [7, 11) is 0. The monoisotopic (exact) mass is 322 g/mol. The van der Waals surface area contributed by atoms with Crippen LogP contribution in [0.2, 0.25) is 0 Å². The highest BCUT2D eigenvalue weighted by molar-refractivity contribution is 5.68. The first-order chi connectivity index (χ1) is 10.2. The summed E-state index contributed by atoms with van der Waals surface area (Å²) >= 11 is 0. The second kappa shape index (κ2) is 8.89. The van der Waals surface area contributed by atoms with E-state index in [1.54, 1.807) is 31.2 Å². The Morgan fingerprint density at radius 2 is 1.82 bits per heavy atom. The van der Waals surface area contributed by atoms with Gasteiger partial charge in [0.05, 0.1) is 0 Å². The summed E-state index contributed by atoms with van der Waals surface area (Å²) < 4.78 is 12.9. The van der Waals surface area contributed by atoms with E-state index in [1.807, 2.05) is 35.2 Å². The number of nitrogens with two attached hydrogens (primary N) is 1. The van der Waals surface area contributed by atoms with Crippen LogP contribution in [0, 0.1) is 0 Å². The summed E-state index contributed by atoms with van der Waals surface area (Å²) in [4.78, 5) is 11.5. The van der Waals surface area contributed by atoms with E-state index in [1.165, 1.54) is 0 Å². The van der Waals surface area contributed by atoms with Crippen molar-refractivity contribution in [2.45, 2.75) is 26.2 Å². The molecule has 0 bridgehead atoms. The average molecular weight is 323 g/mol. The minimum absolute atomic E-state index is 0. The lowest BCUT2D eigenvalue weighted by Crippen LogP contribution is -3.00. The van der Waals surface area contributed by atoms with Crippen LogP contribution >= 0.6 is 0 Å². The predicted molar refractivity (Wildman–Crippen MR) is 78.3 cm³/mol. The third-order valence-corrected chi connectivity index (χ3v) is 2.84. The lowest BCUT2D eigenvalue weighted by atomic mass is 10.3. The van der Waals surface area contributed by atoms with Crippen molar-refractivity contribution in [3.05, 3.63) is 54.9 Å². The van der Waals surface area contributed by atoms with E-state index in [2.05, 4.69) is 0 Å². The molecule has 0 spiro atoms. The molecule has 1 atom stereocenters. The predicted octanol–water partition coefficient (Wildman–Crippen LogP) is -1.08. The van der Waals surface area contributed by atoms with Crippen LogP contribution in [0.3, 0.4) is 0 Å². The first-order valence-electron chi connectivity index (χ1n) is 6.83. The molecule has 0 fully saturated rings. The number of carbonyl (C=O) groups is 1. The van der Waals surface area contributed by atoms with Gasteiger partial charge in [-0.15, -0.1) is 0 Å². The molecule has 5 nitrogen and oxygen atoms in total. The van der Waals surface area contributed by atoms with Crippen molar-refractivity contribution < 1.29 is 31.2 Å². The Morgan fingerprint density at radius 1 is 1.18 bits per heavy atom. The number of esters is 1. The number of nitrogens with zero attached hydrogens (tertiary/aromatic N) is 1. The van der Waals surface area contributed by atoms with Gasteiger partial charge in [0.1, 0.15) is 5.75 Å². The Kier molecular flexibility index (Phi) is 7.19. The zero-order valence-electron chi connectivity index (χ0n) is 12.3. The lowest BCUT2D eigenvalue weighted by molar-refractivity contribution is -0.708. The zero-order valence-corrected chi connectivity index (χ0v) is 13.1. The van der Waals surface area contributed by atoms with Gasteiger partial charge in [-0.05, 0) is 24.3 Å². The fourth-order valence-electron chi connectivity index (χ4n) is 1.75. The molecule has 0 radical (unpaired) electrons. The Morgan fingerprint density at radius 3 is 2.41 bits per heavy atom. The molecule has 118 valence electrons. The van der Waals surface area contributed by atoms with Crippen molar-refractivity contribution >= 4 is 11.7 Å². The van der Waals surface area contributed by atoms with Crippen LogP contribution < -0.4 is 27.4 Å². The molecular weight excluding hydrogens is 304 g/mol. The number of halogens is 1. The van der Waals surface area contributed by atoms with E-state index in [0.717, 1.165) is 0 Å². The maximum absolute atomic E-state index is 11.5. The van der Waals surface area contributed by atoms with Crippen LogP contribution in [0.25, 0.3) is 0 Å². The number of carbonyl (C=O) groups excluding carboxylic acids is 1. The quantitative estimate of drug-likeness (QED) is 0.318. The first kappa shape index (κ1) is 17.8. The summed E-state index contributed by atoms with van der Waals surface area (Å²) in [5.74, 6) is 0.307. The average Bonchev–Trinajstić information content (AvgIpc) is 2.50. The van der Waals surface area contributed by atoms with E-state index < -0.39 is 6.29 Å². The molecule has 2 N–H and O–H groups in total. The highest BCUT2D eigenvalue weighted by Gasteiger charge is 2.20. The van der Waals surface area contributed by atoms with Gasteiger partial charge < -0.3 is 27.6 Å². The smallest absolute Gasteiger partial charge is 0.308 e. The van der Waals surface area contributed by atoms with Crippen molar-refractivity contribution in [1.29, 1.82) is 0 Å². The van der Waals surface area contributed by atoms with Crippen LogP contribution in [-0.2, 0) is 16.1 Å².